The molecule has 3 aromatic rings. The maximum Gasteiger partial charge on any atom is 0.251 e. The molecule has 4 heterocycles. The molecule has 0 atom stereocenters. The third-order valence-corrected chi connectivity index (χ3v) is 5.81. The van der Waals surface area contributed by atoms with E-state index >= 15 is 0 Å². The lowest BCUT2D eigenvalue weighted by atomic mass is 10.0. The number of nitrogens with zero attached hydrogens (tertiary/aromatic N) is 4. The molecule has 1 aliphatic heterocycles. The molecule has 0 saturated heterocycles. The van der Waals surface area contributed by atoms with Gasteiger partial charge in [0, 0.05) is 49.2 Å². The van der Waals surface area contributed by atoms with Crippen LogP contribution in [0.1, 0.15) is 35.7 Å². The van der Waals surface area contributed by atoms with Crippen molar-refractivity contribution in [1.82, 2.24) is 18.9 Å². The number of pyridine rings is 1. The van der Waals surface area contributed by atoms with Gasteiger partial charge in [-0.3, -0.25) is 14.0 Å². The summed E-state index contributed by atoms with van der Waals surface area (Å²) in [5.41, 5.74) is 3.11. The van der Waals surface area contributed by atoms with E-state index in [9.17, 15) is 9.59 Å². The van der Waals surface area contributed by atoms with Crippen molar-refractivity contribution in [2.75, 3.05) is 6.54 Å². The summed E-state index contributed by atoms with van der Waals surface area (Å²) in [6, 6.07) is 2.13. The van der Waals surface area contributed by atoms with Crippen LogP contribution >= 0.6 is 11.3 Å². The molecule has 1 aliphatic carbocycles. The second kappa shape index (κ2) is 5.56. The lowest BCUT2D eigenvalue weighted by Crippen LogP contribution is -2.38. The Kier molecular flexibility index (Phi) is 3.31. The van der Waals surface area contributed by atoms with Crippen LogP contribution in [0.15, 0.2) is 34.8 Å². The second-order valence-corrected chi connectivity index (χ2v) is 7.74. The normalized spacial score (nSPS) is 17.0. The zero-order valence-corrected chi connectivity index (χ0v) is 14.5. The molecule has 3 aromatic heterocycles. The van der Waals surface area contributed by atoms with Gasteiger partial charge in [0.05, 0.1) is 12.1 Å². The number of imidazole rings is 1. The number of rotatable bonds is 3. The Balaban J connectivity index is 1.35. The molecular formula is C18H18N4O2S. The molecule has 1 saturated carbocycles. The van der Waals surface area contributed by atoms with Gasteiger partial charge in [0.1, 0.15) is 0 Å². The monoisotopic (exact) mass is 354 g/mol. The number of fused-ring (bicyclic) bond motifs is 2. The predicted molar refractivity (Wildman–Crippen MR) is 94.9 cm³/mol. The SMILES string of the molecule is O=C(Cc1cn2ccsc2n1)N1CCc2cc(=O)n(C3CC3)cc2C1. The molecule has 0 N–H and O–H groups in total. The van der Waals surface area contributed by atoms with Crippen LogP contribution in [0.4, 0.5) is 0 Å². The summed E-state index contributed by atoms with van der Waals surface area (Å²) in [5.74, 6) is 0.0978. The summed E-state index contributed by atoms with van der Waals surface area (Å²) < 4.78 is 3.80. The van der Waals surface area contributed by atoms with E-state index in [0.717, 1.165) is 41.0 Å². The number of carbonyl (C=O) groups is 1. The summed E-state index contributed by atoms with van der Waals surface area (Å²) in [7, 11) is 0. The molecular weight excluding hydrogens is 336 g/mol. The van der Waals surface area contributed by atoms with Crippen LogP contribution < -0.4 is 5.56 Å². The molecule has 0 unspecified atom stereocenters. The van der Waals surface area contributed by atoms with Crippen molar-refractivity contribution in [1.29, 1.82) is 0 Å². The van der Waals surface area contributed by atoms with E-state index in [1.807, 2.05) is 37.8 Å². The molecule has 0 radical (unpaired) electrons. The van der Waals surface area contributed by atoms with Crippen LogP contribution in [0.2, 0.25) is 0 Å². The van der Waals surface area contributed by atoms with E-state index in [2.05, 4.69) is 4.98 Å². The first-order valence-electron chi connectivity index (χ1n) is 8.60. The zero-order chi connectivity index (χ0) is 17.0. The Hall–Kier alpha value is -2.41. The number of amides is 1. The van der Waals surface area contributed by atoms with Crippen LogP contribution in [0.25, 0.3) is 4.96 Å². The molecule has 128 valence electrons. The fourth-order valence-electron chi connectivity index (χ4n) is 3.52. The summed E-state index contributed by atoms with van der Waals surface area (Å²) >= 11 is 1.57. The summed E-state index contributed by atoms with van der Waals surface area (Å²) in [6.07, 6.45) is 9.09. The molecule has 6 nitrogen and oxygen atoms in total. The molecule has 1 amide bonds. The standard InChI is InChI=1S/C18H18N4O2S/c23-16(8-14-11-21-5-6-25-18(21)19-14)20-4-3-12-7-17(24)22(15-1-2-15)10-13(12)9-20/h5-7,10-11,15H,1-4,8-9H2. The summed E-state index contributed by atoms with van der Waals surface area (Å²) in [6.45, 7) is 1.25. The Morgan fingerprint density at radius 2 is 2.16 bits per heavy atom. The average Bonchev–Trinajstić information content (AvgIpc) is 3.23. The van der Waals surface area contributed by atoms with Crippen LogP contribution in [0.3, 0.4) is 0 Å². The Morgan fingerprint density at radius 3 is 2.96 bits per heavy atom. The van der Waals surface area contributed by atoms with Crippen molar-refractivity contribution in [3.8, 4) is 0 Å². The van der Waals surface area contributed by atoms with Gasteiger partial charge in [-0.25, -0.2) is 4.98 Å². The van der Waals surface area contributed by atoms with E-state index in [4.69, 9.17) is 0 Å². The highest BCUT2D eigenvalue weighted by atomic mass is 32.1. The number of thiazole rings is 1. The van der Waals surface area contributed by atoms with Gasteiger partial charge in [-0.1, -0.05) is 0 Å². The largest absolute Gasteiger partial charge is 0.338 e. The minimum absolute atomic E-state index is 0.0964. The van der Waals surface area contributed by atoms with E-state index in [1.54, 1.807) is 17.4 Å². The van der Waals surface area contributed by atoms with Gasteiger partial charge in [0.2, 0.25) is 5.91 Å². The molecule has 0 spiro atoms. The van der Waals surface area contributed by atoms with Crippen LogP contribution in [0.5, 0.6) is 0 Å². The highest BCUT2D eigenvalue weighted by molar-refractivity contribution is 7.15. The van der Waals surface area contributed by atoms with Crippen molar-refractivity contribution in [2.45, 2.75) is 38.3 Å². The molecule has 5 rings (SSSR count). The van der Waals surface area contributed by atoms with Crippen LogP contribution in [-0.4, -0.2) is 31.3 Å². The average molecular weight is 354 g/mol. The lowest BCUT2D eigenvalue weighted by molar-refractivity contribution is -0.131. The Bertz CT molecular complexity index is 999. The van der Waals surface area contributed by atoms with E-state index in [-0.39, 0.29) is 11.5 Å². The molecule has 0 bridgehead atoms. The minimum atomic E-state index is 0.0964. The highest BCUT2D eigenvalue weighted by Gasteiger charge is 2.27. The van der Waals surface area contributed by atoms with E-state index < -0.39 is 0 Å². The summed E-state index contributed by atoms with van der Waals surface area (Å²) in [5, 5.41) is 1.98. The van der Waals surface area contributed by atoms with Gasteiger partial charge in [-0.05, 0) is 30.4 Å². The van der Waals surface area contributed by atoms with E-state index in [0.29, 0.717) is 25.6 Å². The third-order valence-electron chi connectivity index (χ3n) is 5.04. The fraction of sp³-hybridized carbons (Fsp3) is 0.389. The van der Waals surface area contributed by atoms with Crippen molar-refractivity contribution in [3.05, 3.63) is 57.2 Å². The van der Waals surface area contributed by atoms with Crippen molar-refractivity contribution in [3.63, 3.8) is 0 Å². The quantitative estimate of drug-likeness (QED) is 0.723. The molecule has 0 aromatic carbocycles. The van der Waals surface area contributed by atoms with E-state index in [1.165, 1.54) is 0 Å². The van der Waals surface area contributed by atoms with Gasteiger partial charge in [0.25, 0.3) is 5.56 Å². The van der Waals surface area contributed by atoms with Gasteiger partial charge in [0.15, 0.2) is 4.96 Å². The molecule has 1 fully saturated rings. The molecule has 2 aliphatic rings. The Labute approximate surface area is 148 Å². The first-order valence-corrected chi connectivity index (χ1v) is 9.48. The summed E-state index contributed by atoms with van der Waals surface area (Å²) in [4.78, 5) is 32.1. The number of aromatic nitrogens is 3. The first-order chi connectivity index (χ1) is 12.2. The van der Waals surface area contributed by atoms with Crippen LogP contribution in [-0.2, 0) is 24.2 Å². The number of carbonyl (C=O) groups excluding carboxylic acids is 1. The lowest BCUT2D eigenvalue weighted by Gasteiger charge is -2.29. The predicted octanol–water partition coefficient (Wildman–Crippen LogP) is 2.02. The maximum absolute atomic E-state index is 12.7. The second-order valence-electron chi connectivity index (χ2n) is 6.87. The Morgan fingerprint density at radius 1 is 1.28 bits per heavy atom. The van der Waals surface area contributed by atoms with Gasteiger partial charge >= 0.3 is 0 Å². The highest BCUT2D eigenvalue weighted by Crippen LogP contribution is 2.34. The zero-order valence-electron chi connectivity index (χ0n) is 13.7. The van der Waals surface area contributed by atoms with Gasteiger partial charge in [-0.15, -0.1) is 11.3 Å². The molecule has 7 heteroatoms. The fourth-order valence-corrected chi connectivity index (χ4v) is 4.24. The van der Waals surface area contributed by atoms with Gasteiger partial charge < -0.3 is 9.47 Å². The van der Waals surface area contributed by atoms with Crippen molar-refractivity contribution >= 4 is 22.2 Å². The van der Waals surface area contributed by atoms with Crippen molar-refractivity contribution < 1.29 is 4.79 Å². The smallest absolute Gasteiger partial charge is 0.251 e. The minimum Gasteiger partial charge on any atom is -0.338 e. The van der Waals surface area contributed by atoms with Gasteiger partial charge in [-0.2, -0.15) is 0 Å². The number of hydrogen-bond acceptors (Lipinski definition) is 4. The number of hydrogen-bond donors (Lipinski definition) is 0. The molecule has 25 heavy (non-hydrogen) atoms. The third kappa shape index (κ3) is 2.68. The topological polar surface area (TPSA) is 59.6 Å². The van der Waals surface area contributed by atoms with Crippen molar-refractivity contribution in [2.24, 2.45) is 0 Å². The first kappa shape index (κ1) is 14.9. The van der Waals surface area contributed by atoms with Crippen LogP contribution in [0, 0.1) is 0 Å². The maximum atomic E-state index is 12.7.